The van der Waals surface area contributed by atoms with Gasteiger partial charge in [0.25, 0.3) is 0 Å². The minimum Gasteiger partial charge on any atom is -0.478 e. The van der Waals surface area contributed by atoms with E-state index in [2.05, 4.69) is 15.9 Å². The van der Waals surface area contributed by atoms with Gasteiger partial charge in [-0.25, -0.2) is 9.59 Å². The molecule has 112 valence electrons. The van der Waals surface area contributed by atoms with Crippen molar-refractivity contribution >= 4 is 33.8 Å². The molecule has 0 saturated carbocycles. The predicted molar refractivity (Wildman–Crippen MR) is 76.7 cm³/mol. The third kappa shape index (κ3) is 7.88. The molecule has 1 N–H and O–H groups in total. The van der Waals surface area contributed by atoms with Gasteiger partial charge < -0.3 is 14.6 Å². The van der Waals surface area contributed by atoms with Gasteiger partial charge in [0, 0.05) is 23.0 Å². The van der Waals surface area contributed by atoms with Crippen LogP contribution in [0.25, 0.3) is 0 Å². The highest BCUT2D eigenvalue weighted by molar-refractivity contribution is 9.10. The average Bonchev–Trinajstić information content (AvgIpc) is 2.44. The molecular weight excluding hydrogens is 344 g/mol. The Morgan fingerprint density at radius 3 is 2.43 bits per heavy atom. The van der Waals surface area contributed by atoms with Gasteiger partial charge >= 0.3 is 17.9 Å². The normalized spacial score (nSPS) is 10.3. The van der Waals surface area contributed by atoms with Crippen molar-refractivity contribution in [1.82, 2.24) is 0 Å². The molecule has 0 atom stereocenters. The number of ether oxygens (including phenoxy) is 2. The molecule has 6 nitrogen and oxygen atoms in total. The minimum absolute atomic E-state index is 0.0121. The van der Waals surface area contributed by atoms with Gasteiger partial charge in [0.1, 0.15) is 5.75 Å². The first-order valence-electron chi connectivity index (χ1n) is 6.01. The van der Waals surface area contributed by atoms with E-state index in [0.29, 0.717) is 18.2 Å². The number of aliphatic carboxylic acids is 1. The summed E-state index contributed by atoms with van der Waals surface area (Å²) in [5.74, 6) is -2.00. The van der Waals surface area contributed by atoms with Crippen molar-refractivity contribution in [3.63, 3.8) is 0 Å². The van der Waals surface area contributed by atoms with E-state index in [1.54, 1.807) is 24.3 Å². The maximum atomic E-state index is 11.5. The van der Waals surface area contributed by atoms with Crippen molar-refractivity contribution in [2.45, 2.75) is 12.8 Å². The number of carbonyl (C=O) groups excluding carboxylic acids is 2. The van der Waals surface area contributed by atoms with Gasteiger partial charge in [-0.15, -0.1) is 0 Å². The number of carboxylic acids is 1. The second-order valence-corrected chi connectivity index (χ2v) is 4.79. The van der Waals surface area contributed by atoms with Crippen LogP contribution in [0, 0.1) is 0 Å². The quantitative estimate of drug-likeness (QED) is 0.349. The van der Waals surface area contributed by atoms with Crippen LogP contribution in [0.4, 0.5) is 0 Å². The summed E-state index contributed by atoms with van der Waals surface area (Å²) in [4.78, 5) is 32.7. The maximum Gasteiger partial charge on any atom is 0.331 e. The summed E-state index contributed by atoms with van der Waals surface area (Å²) in [5.41, 5.74) is 0. The van der Waals surface area contributed by atoms with Gasteiger partial charge in [-0.3, -0.25) is 4.79 Å². The number of benzene rings is 1. The van der Waals surface area contributed by atoms with Crippen molar-refractivity contribution in [3.05, 3.63) is 40.9 Å². The number of carboxylic acid groups (broad SMARTS) is 1. The molecule has 0 unspecified atom stereocenters. The molecule has 0 bridgehead atoms. The Balaban J connectivity index is 2.20. The number of rotatable bonds is 7. The third-order valence-corrected chi connectivity index (χ3v) is 2.71. The lowest BCUT2D eigenvalue weighted by Crippen LogP contribution is -2.10. The zero-order valence-corrected chi connectivity index (χ0v) is 12.5. The molecule has 1 rings (SSSR count). The van der Waals surface area contributed by atoms with E-state index in [4.69, 9.17) is 14.6 Å². The van der Waals surface area contributed by atoms with Crippen LogP contribution in [0.3, 0.4) is 0 Å². The highest BCUT2D eigenvalue weighted by atomic mass is 79.9. The number of hydrogen-bond acceptors (Lipinski definition) is 5. The summed E-state index contributed by atoms with van der Waals surface area (Å²) in [6, 6.07) is 6.80. The molecule has 0 amide bonds. The summed E-state index contributed by atoms with van der Waals surface area (Å²) >= 11 is 3.27. The predicted octanol–water partition coefficient (Wildman–Crippen LogP) is 2.32. The molecule has 21 heavy (non-hydrogen) atoms. The van der Waals surface area contributed by atoms with Crippen LogP contribution in [0.1, 0.15) is 12.8 Å². The second-order valence-electron chi connectivity index (χ2n) is 3.87. The Hall–Kier alpha value is -2.15. The first kappa shape index (κ1) is 16.9. The number of carbonyl (C=O) groups is 3. The van der Waals surface area contributed by atoms with E-state index >= 15 is 0 Å². The van der Waals surface area contributed by atoms with Crippen molar-refractivity contribution in [2.24, 2.45) is 0 Å². The van der Waals surface area contributed by atoms with Gasteiger partial charge in [-0.1, -0.05) is 15.9 Å². The smallest absolute Gasteiger partial charge is 0.331 e. The van der Waals surface area contributed by atoms with Crippen molar-refractivity contribution in [3.8, 4) is 5.75 Å². The third-order valence-electron chi connectivity index (χ3n) is 2.18. The van der Waals surface area contributed by atoms with E-state index in [-0.39, 0.29) is 13.0 Å². The molecule has 1 aromatic rings. The summed E-state index contributed by atoms with van der Waals surface area (Å²) in [5, 5.41) is 8.31. The summed E-state index contributed by atoms with van der Waals surface area (Å²) in [7, 11) is 0. The van der Waals surface area contributed by atoms with E-state index in [1.165, 1.54) is 0 Å². The molecule has 0 fully saturated rings. The molecular formula is C14H13BrO6. The molecule has 1 aromatic carbocycles. The SMILES string of the molecule is O=C(O)/C=C/C(=O)OCCCC(=O)Oc1ccc(Br)cc1. The lowest BCUT2D eigenvalue weighted by atomic mass is 10.3. The van der Waals surface area contributed by atoms with Crippen LogP contribution in [-0.2, 0) is 19.1 Å². The van der Waals surface area contributed by atoms with Gasteiger partial charge in [0.05, 0.1) is 6.61 Å². The fraction of sp³-hybridized carbons (Fsp3) is 0.214. The zero-order chi connectivity index (χ0) is 15.7. The number of hydrogen-bond donors (Lipinski definition) is 1. The monoisotopic (exact) mass is 356 g/mol. The molecule has 0 aromatic heterocycles. The first-order valence-corrected chi connectivity index (χ1v) is 6.80. The molecule has 0 aliphatic rings. The standard InChI is InChI=1S/C14H13BrO6/c15-10-3-5-11(6-4-10)21-14(19)2-1-9-20-13(18)8-7-12(16)17/h3-8H,1-2,9H2,(H,16,17)/b8-7+. The molecule has 0 aliphatic carbocycles. The topological polar surface area (TPSA) is 89.9 Å². The first-order chi connectivity index (χ1) is 9.97. The molecule has 0 aliphatic heterocycles. The Morgan fingerprint density at radius 2 is 1.81 bits per heavy atom. The van der Waals surface area contributed by atoms with Crippen molar-refractivity contribution in [2.75, 3.05) is 6.61 Å². The lowest BCUT2D eigenvalue weighted by molar-refractivity contribution is -0.140. The zero-order valence-electron chi connectivity index (χ0n) is 11.0. The van der Waals surface area contributed by atoms with E-state index < -0.39 is 17.9 Å². The van der Waals surface area contributed by atoms with Crippen LogP contribution in [-0.4, -0.2) is 29.6 Å². The second kappa shape index (κ2) is 8.91. The molecule has 0 radical (unpaired) electrons. The Kier molecular flexibility index (Phi) is 7.17. The Morgan fingerprint density at radius 1 is 1.14 bits per heavy atom. The summed E-state index contributed by atoms with van der Waals surface area (Å²) in [6.07, 6.45) is 1.88. The highest BCUT2D eigenvalue weighted by Crippen LogP contribution is 2.16. The lowest BCUT2D eigenvalue weighted by Gasteiger charge is -2.04. The molecule has 0 saturated heterocycles. The van der Waals surface area contributed by atoms with Crippen LogP contribution in [0.15, 0.2) is 40.9 Å². The van der Waals surface area contributed by atoms with Gasteiger partial charge in [-0.2, -0.15) is 0 Å². The van der Waals surface area contributed by atoms with E-state index in [1.807, 2.05) is 0 Å². The van der Waals surface area contributed by atoms with Crippen LogP contribution < -0.4 is 4.74 Å². The average molecular weight is 357 g/mol. The van der Waals surface area contributed by atoms with Gasteiger partial charge in [0.15, 0.2) is 0 Å². The van der Waals surface area contributed by atoms with Crippen molar-refractivity contribution < 1.29 is 29.0 Å². The van der Waals surface area contributed by atoms with E-state index in [0.717, 1.165) is 10.5 Å². The molecule has 0 spiro atoms. The Bertz CT molecular complexity index is 535. The van der Waals surface area contributed by atoms with E-state index in [9.17, 15) is 14.4 Å². The fourth-order valence-corrected chi connectivity index (χ4v) is 1.53. The molecule has 7 heteroatoms. The summed E-state index contributed by atoms with van der Waals surface area (Å²) < 4.78 is 10.6. The number of esters is 2. The largest absolute Gasteiger partial charge is 0.478 e. The number of halogens is 1. The minimum atomic E-state index is -1.23. The van der Waals surface area contributed by atoms with Gasteiger partial charge in [-0.05, 0) is 30.7 Å². The maximum absolute atomic E-state index is 11.5. The van der Waals surface area contributed by atoms with Gasteiger partial charge in [0.2, 0.25) is 0 Å². The van der Waals surface area contributed by atoms with Crippen LogP contribution in [0.2, 0.25) is 0 Å². The fourth-order valence-electron chi connectivity index (χ4n) is 1.26. The summed E-state index contributed by atoms with van der Waals surface area (Å²) in [6.45, 7) is 0.0121. The van der Waals surface area contributed by atoms with Crippen LogP contribution in [0.5, 0.6) is 5.75 Å². The van der Waals surface area contributed by atoms with Crippen molar-refractivity contribution in [1.29, 1.82) is 0 Å². The van der Waals surface area contributed by atoms with Crippen LogP contribution >= 0.6 is 15.9 Å². The Labute approximate surface area is 129 Å². The highest BCUT2D eigenvalue weighted by Gasteiger charge is 2.06. The molecule has 0 heterocycles.